The number of carbonyl (C=O) groups excluding carboxylic acids is 2. The minimum absolute atomic E-state index is 0.0468. The molecule has 2 atom stereocenters. The lowest BCUT2D eigenvalue weighted by Gasteiger charge is -2.12. The van der Waals surface area contributed by atoms with Crippen molar-refractivity contribution >= 4 is 39.7 Å². The molecule has 0 spiro atoms. The van der Waals surface area contributed by atoms with E-state index in [0.717, 1.165) is 24.4 Å². The van der Waals surface area contributed by atoms with Crippen LogP contribution in [0.15, 0.2) is 4.99 Å². The van der Waals surface area contributed by atoms with E-state index in [4.69, 9.17) is 11.5 Å². The van der Waals surface area contributed by atoms with Crippen molar-refractivity contribution in [3.8, 4) is 0 Å². The highest BCUT2D eigenvalue weighted by atomic mass is 33.1. The SMILES string of the molecule is NC(N)=NCCC[C@@H](C=O)NC(=O)CCCC[C@@H]1CCSS1. The van der Waals surface area contributed by atoms with Gasteiger partial charge in [-0.3, -0.25) is 9.79 Å². The second kappa shape index (κ2) is 11.6. The van der Waals surface area contributed by atoms with Crippen molar-refractivity contribution in [2.75, 3.05) is 12.3 Å². The van der Waals surface area contributed by atoms with E-state index in [9.17, 15) is 9.59 Å². The van der Waals surface area contributed by atoms with Crippen molar-refractivity contribution in [1.82, 2.24) is 5.32 Å². The van der Waals surface area contributed by atoms with E-state index in [-0.39, 0.29) is 11.9 Å². The van der Waals surface area contributed by atoms with Crippen LogP contribution in [0.1, 0.15) is 44.9 Å². The van der Waals surface area contributed by atoms with Gasteiger partial charge in [0.2, 0.25) is 5.91 Å². The molecule has 5 N–H and O–H groups in total. The topological polar surface area (TPSA) is 111 Å². The van der Waals surface area contributed by atoms with Crippen molar-refractivity contribution in [3.05, 3.63) is 0 Å². The molecule has 1 fully saturated rings. The smallest absolute Gasteiger partial charge is 0.220 e. The third-order valence-electron chi connectivity index (χ3n) is 3.39. The van der Waals surface area contributed by atoms with E-state index < -0.39 is 6.04 Å². The summed E-state index contributed by atoms with van der Waals surface area (Å²) in [6.45, 7) is 0.472. The zero-order valence-corrected chi connectivity index (χ0v) is 14.5. The number of aldehydes is 1. The van der Waals surface area contributed by atoms with Gasteiger partial charge in [0, 0.05) is 24.0 Å². The summed E-state index contributed by atoms with van der Waals surface area (Å²) in [7, 11) is 3.91. The molecule has 0 aromatic rings. The number of unbranched alkanes of at least 4 members (excludes halogenated alkanes) is 1. The molecule has 0 aromatic heterocycles. The average molecular weight is 347 g/mol. The van der Waals surface area contributed by atoms with Crippen LogP contribution in [0.5, 0.6) is 0 Å². The summed E-state index contributed by atoms with van der Waals surface area (Å²) < 4.78 is 0. The Labute approximate surface area is 140 Å². The van der Waals surface area contributed by atoms with Crippen molar-refractivity contribution in [2.24, 2.45) is 16.5 Å². The zero-order valence-electron chi connectivity index (χ0n) is 12.8. The molecule has 1 aliphatic rings. The third-order valence-corrected chi connectivity index (χ3v) is 6.39. The molecule has 1 heterocycles. The summed E-state index contributed by atoms with van der Waals surface area (Å²) in [6, 6.07) is -0.441. The molecular weight excluding hydrogens is 320 g/mol. The minimum atomic E-state index is -0.441. The first-order chi connectivity index (χ1) is 10.6. The molecule has 1 rings (SSSR count). The van der Waals surface area contributed by atoms with Gasteiger partial charge in [-0.25, -0.2) is 0 Å². The van der Waals surface area contributed by atoms with Gasteiger partial charge in [-0.1, -0.05) is 28.0 Å². The summed E-state index contributed by atoms with van der Waals surface area (Å²) >= 11 is 0. The van der Waals surface area contributed by atoms with Gasteiger partial charge in [-0.15, -0.1) is 0 Å². The molecule has 0 aliphatic carbocycles. The van der Waals surface area contributed by atoms with E-state index >= 15 is 0 Å². The largest absolute Gasteiger partial charge is 0.370 e. The lowest BCUT2D eigenvalue weighted by atomic mass is 10.1. The van der Waals surface area contributed by atoms with Crippen molar-refractivity contribution in [2.45, 2.75) is 56.2 Å². The van der Waals surface area contributed by atoms with Crippen LogP contribution < -0.4 is 16.8 Å². The number of nitrogens with zero attached hydrogens (tertiary/aromatic N) is 1. The predicted octanol–water partition coefficient (Wildman–Crippen LogP) is 1.44. The van der Waals surface area contributed by atoms with E-state index in [0.29, 0.717) is 25.8 Å². The van der Waals surface area contributed by atoms with Crippen LogP contribution >= 0.6 is 21.6 Å². The van der Waals surface area contributed by atoms with Crippen LogP contribution in [0.3, 0.4) is 0 Å². The maximum Gasteiger partial charge on any atom is 0.220 e. The van der Waals surface area contributed by atoms with Gasteiger partial charge < -0.3 is 21.6 Å². The van der Waals surface area contributed by atoms with Gasteiger partial charge in [-0.2, -0.15) is 0 Å². The van der Waals surface area contributed by atoms with E-state index in [1.807, 2.05) is 21.6 Å². The van der Waals surface area contributed by atoms with Crippen LogP contribution in [0.2, 0.25) is 0 Å². The van der Waals surface area contributed by atoms with E-state index in [2.05, 4.69) is 10.3 Å². The fourth-order valence-corrected chi connectivity index (χ4v) is 5.22. The summed E-state index contributed by atoms with van der Waals surface area (Å²) in [6.07, 6.45) is 6.91. The highest BCUT2D eigenvalue weighted by molar-refractivity contribution is 8.77. The van der Waals surface area contributed by atoms with Gasteiger partial charge in [-0.05, 0) is 32.1 Å². The third kappa shape index (κ3) is 9.19. The molecule has 6 nitrogen and oxygen atoms in total. The van der Waals surface area contributed by atoms with Gasteiger partial charge in [0.15, 0.2) is 5.96 Å². The van der Waals surface area contributed by atoms with Crippen LogP contribution in [0.4, 0.5) is 0 Å². The van der Waals surface area contributed by atoms with E-state index in [1.54, 1.807) is 0 Å². The highest BCUT2D eigenvalue weighted by Crippen LogP contribution is 2.39. The maximum absolute atomic E-state index is 11.8. The molecule has 0 saturated carbocycles. The number of rotatable bonds is 11. The van der Waals surface area contributed by atoms with Crippen LogP contribution in [-0.2, 0) is 9.59 Å². The summed E-state index contributed by atoms with van der Waals surface area (Å²) in [5.74, 6) is 1.24. The normalized spacial score (nSPS) is 18.6. The quantitative estimate of drug-likeness (QED) is 0.172. The maximum atomic E-state index is 11.8. The number of nitrogens with two attached hydrogens (primary N) is 2. The second-order valence-corrected chi connectivity index (χ2v) is 8.12. The van der Waals surface area contributed by atoms with Crippen LogP contribution in [0.25, 0.3) is 0 Å². The first-order valence-electron chi connectivity index (χ1n) is 7.70. The van der Waals surface area contributed by atoms with Gasteiger partial charge in [0.05, 0.1) is 6.04 Å². The molecule has 1 aliphatic heterocycles. The number of hydrogen-bond donors (Lipinski definition) is 3. The fourth-order valence-electron chi connectivity index (χ4n) is 2.19. The van der Waals surface area contributed by atoms with Gasteiger partial charge in [0.25, 0.3) is 0 Å². The number of nitrogens with one attached hydrogen (secondary N) is 1. The zero-order chi connectivity index (χ0) is 16.2. The van der Waals surface area contributed by atoms with Crippen LogP contribution in [-0.4, -0.2) is 41.7 Å². The number of carbonyl (C=O) groups is 2. The standard InChI is InChI=1S/C14H26N4O2S2/c15-14(16)17-8-3-4-11(10-19)18-13(20)6-2-1-5-12-7-9-21-22-12/h10-12H,1-9H2,(H,18,20)(H4,15,16,17)/t11-,12+/m0/s1. The molecule has 0 radical (unpaired) electrons. The fraction of sp³-hybridized carbons (Fsp3) is 0.786. The van der Waals surface area contributed by atoms with Crippen LogP contribution in [0, 0.1) is 0 Å². The molecule has 0 aromatic carbocycles. The lowest BCUT2D eigenvalue weighted by Crippen LogP contribution is -2.36. The molecule has 22 heavy (non-hydrogen) atoms. The number of hydrogen-bond acceptors (Lipinski definition) is 5. The Morgan fingerprint density at radius 3 is 2.82 bits per heavy atom. The lowest BCUT2D eigenvalue weighted by molar-refractivity contribution is -0.124. The molecule has 8 heteroatoms. The second-order valence-electron chi connectivity index (χ2n) is 5.33. The Bertz CT molecular complexity index is 370. The molecule has 0 unspecified atom stereocenters. The minimum Gasteiger partial charge on any atom is -0.370 e. The van der Waals surface area contributed by atoms with Crippen molar-refractivity contribution in [3.63, 3.8) is 0 Å². The monoisotopic (exact) mass is 346 g/mol. The van der Waals surface area contributed by atoms with Gasteiger partial charge in [0.1, 0.15) is 6.29 Å². The molecule has 0 bridgehead atoms. The molecule has 126 valence electrons. The van der Waals surface area contributed by atoms with Gasteiger partial charge >= 0.3 is 0 Å². The number of amides is 1. The summed E-state index contributed by atoms with van der Waals surface area (Å²) in [5, 5.41) is 3.51. The number of aliphatic imine (C=N–C) groups is 1. The van der Waals surface area contributed by atoms with E-state index in [1.165, 1.54) is 18.6 Å². The highest BCUT2D eigenvalue weighted by Gasteiger charge is 2.16. The Morgan fingerprint density at radius 1 is 1.36 bits per heavy atom. The summed E-state index contributed by atoms with van der Waals surface area (Å²) in [4.78, 5) is 26.6. The molecular formula is C14H26N4O2S2. The van der Waals surface area contributed by atoms with Crippen molar-refractivity contribution in [1.29, 1.82) is 0 Å². The van der Waals surface area contributed by atoms with Crippen molar-refractivity contribution < 1.29 is 9.59 Å². The number of guanidine groups is 1. The predicted molar refractivity (Wildman–Crippen MR) is 94.8 cm³/mol. The first kappa shape index (κ1) is 19.2. The first-order valence-corrected chi connectivity index (χ1v) is 10.1. The Morgan fingerprint density at radius 2 is 2.18 bits per heavy atom. The average Bonchev–Trinajstić information content (AvgIpc) is 3.00. The Hall–Kier alpha value is -0.890. The molecule has 1 saturated heterocycles. The Kier molecular flexibility index (Phi) is 10.1. The molecule has 1 amide bonds. The summed E-state index contributed by atoms with van der Waals surface area (Å²) in [5.41, 5.74) is 10.4. The Balaban J connectivity index is 2.07.